The van der Waals surface area contributed by atoms with E-state index in [-0.39, 0.29) is 10.6 Å². The molecule has 0 unspecified atom stereocenters. The van der Waals surface area contributed by atoms with E-state index in [1.807, 2.05) is 10.8 Å². The van der Waals surface area contributed by atoms with Gasteiger partial charge >= 0.3 is 0 Å². The van der Waals surface area contributed by atoms with Crippen LogP contribution in [0.1, 0.15) is 22.8 Å². The smallest absolute Gasteiger partial charge is 0.266 e. The molecule has 0 saturated heterocycles. The van der Waals surface area contributed by atoms with Gasteiger partial charge in [0.05, 0.1) is 16.0 Å². The van der Waals surface area contributed by atoms with E-state index < -0.39 is 15.9 Å². The molecule has 0 aliphatic heterocycles. The number of sulfonamides is 1. The number of carbonyl (C=O) groups excluding carboxylic acids is 1. The first-order valence-electron chi connectivity index (χ1n) is 6.54. The molecule has 7 heteroatoms. The number of benzene rings is 2. The van der Waals surface area contributed by atoms with Crippen LogP contribution in [0.4, 0.5) is 0 Å². The Balaban J connectivity index is 2.22. The number of rotatable bonds is 4. The standard InChI is InChI=1S/C16H13Cl2NO3S/c1-11(12-5-3-2-4-6-12)10-23(21,22)19-16(20)14-8-7-13(17)9-15(14)18/h2-10H,1H3,(H,19,20)/b11-10-. The van der Waals surface area contributed by atoms with Crippen LogP contribution in [-0.4, -0.2) is 14.3 Å². The summed E-state index contributed by atoms with van der Waals surface area (Å²) in [5.41, 5.74) is 1.29. The fourth-order valence-corrected chi connectivity index (χ4v) is 3.41. The van der Waals surface area contributed by atoms with E-state index in [0.29, 0.717) is 10.6 Å². The largest absolute Gasteiger partial charge is 0.268 e. The highest BCUT2D eigenvalue weighted by Crippen LogP contribution is 2.21. The molecule has 0 aliphatic rings. The zero-order valence-electron chi connectivity index (χ0n) is 12.1. The molecule has 0 spiro atoms. The lowest BCUT2D eigenvalue weighted by molar-refractivity contribution is 0.0982. The number of hydrogen-bond acceptors (Lipinski definition) is 3. The van der Waals surface area contributed by atoms with Crippen LogP contribution in [0.5, 0.6) is 0 Å². The summed E-state index contributed by atoms with van der Waals surface area (Å²) in [7, 11) is -3.96. The predicted molar refractivity (Wildman–Crippen MR) is 92.9 cm³/mol. The average Bonchev–Trinajstić information content (AvgIpc) is 2.46. The van der Waals surface area contributed by atoms with Crippen molar-refractivity contribution >= 4 is 44.7 Å². The maximum absolute atomic E-state index is 12.1. The molecule has 0 heterocycles. The molecule has 0 aliphatic carbocycles. The number of allylic oxidation sites excluding steroid dienone is 1. The van der Waals surface area contributed by atoms with Crippen molar-refractivity contribution < 1.29 is 13.2 Å². The highest BCUT2D eigenvalue weighted by atomic mass is 35.5. The van der Waals surface area contributed by atoms with Crippen LogP contribution in [0, 0.1) is 0 Å². The molecule has 23 heavy (non-hydrogen) atoms. The molecular formula is C16H13Cl2NO3S. The number of halogens is 2. The number of nitrogens with one attached hydrogen (secondary N) is 1. The minimum Gasteiger partial charge on any atom is -0.268 e. The van der Waals surface area contributed by atoms with Gasteiger partial charge in [0.1, 0.15) is 0 Å². The first-order chi connectivity index (χ1) is 10.8. The SMILES string of the molecule is C/C(=C/S(=O)(=O)NC(=O)c1ccc(Cl)cc1Cl)c1ccccc1. The number of carbonyl (C=O) groups is 1. The minimum atomic E-state index is -3.96. The Morgan fingerprint density at radius 1 is 1.09 bits per heavy atom. The van der Waals surface area contributed by atoms with Gasteiger partial charge in [-0.25, -0.2) is 13.1 Å². The maximum Gasteiger partial charge on any atom is 0.266 e. The normalized spacial score (nSPS) is 12.0. The fourth-order valence-electron chi connectivity index (χ4n) is 1.89. The molecule has 0 saturated carbocycles. The van der Waals surface area contributed by atoms with Gasteiger partial charge in [-0.2, -0.15) is 0 Å². The Kier molecular flexibility index (Phi) is 5.46. The van der Waals surface area contributed by atoms with Crippen molar-refractivity contribution in [3.05, 3.63) is 75.1 Å². The van der Waals surface area contributed by atoms with Crippen LogP contribution >= 0.6 is 23.2 Å². The van der Waals surface area contributed by atoms with Gasteiger partial charge < -0.3 is 0 Å². The molecule has 2 aromatic carbocycles. The van der Waals surface area contributed by atoms with Gasteiger partial charge in [-0.05, 0) is 36.3 Å². The fraction of sp³-hybridized carbons (Fsp3) is 0.0625. The molecule has 0 atom stereocenters. The zero-order chi connectivity index (χ0) is 17.0. The molecule has 2 aromatic rings. The average molecular weight is 370 g/mol. The number of amides is 1. The highest BCUT2D eigenvalue weighted by Gasteiger charge is 2.17. The van der Waals surface area contributed by atoms with Crippen molar-refractivity contribution in [1.29, 1.82) is 0 Å². The van der Waals surface area contributed by atoms with E-state index in [9.17, 15) is 13.2 Å². The molecule has 0 bridgehead atoms. The van der Waals surface area contributed by atoms with Crippen molar-refractivity contribution in [3.8, 4) is 0 Å². The van der Waals surface area contributed by atoms with Crippen molar-refractivity contribution in [2.24, 2.45) is 0 Å². The molecule has 1 amide bonds. The highest BCUT2D eigenvalue weighted by molar-refractivity contribution is 7.93. The lowest BCUT2D eigenvalue weighted by Gasteiger charge is -2.07. The summed E-state index contributed by atoms with van der Waals surface area (Å²) >= 11 is 11.6. The van der Waals surface area contributed by atoms with E-state index >= 15 is 0 Å². The topological polar surface area (TPSA) is 63.2 Å². The Morgan fingerprint density at radius 3 is 2.35 bits per heavy atom. The van der Waals surface area contributed by atoms with Gasteiger partial charge in [-0.15, -0.1) is 0 Å². The van der Waals surface area contributed by atoms with Crippen LogP contribution in [0.15, 0.2) is 53.9 Å². The first-order valence-corrected chi connectivity index (χ1v) is 8.84. The summed E-state index contributed by atoms with van der Waals surface area (Å²) in [6.45, 7) is 1.65. The second-order valence-corrected chi connectivity index (χ2v) is 7.14. The van der Waals surface area contributed by atoms with E-state index in [0.717, 1.165) is 11.0 Å². The molecule has 0 aromatic heterocycles. The Bertz CT molecular complexity index is 862. The summed E-state index contributed by atoms with van der Waals surface area (Å²) in [6.07, 6.45) is 0. The second kappa shape index (κ2) is 7.17. The van der Waals surface area contributed by atoms with Gasteiger partial charge in [0.25, 0.3) is 15.9 Å². The van der Waals surface area contributed by atoms with Crippen LogP contribution in [0.25, 0.3) is 5.57 Å². The van der Waals surface area contributed by atoms with Crippen molar-refractivity contribution in [2.45, 2.75) is 6.92 Å². The van der Waals surface area contributed by atoms with Crippen LogP contribution < -0.4 is 4.72 Å². The van der Waals surface area contributed by atoms with Crippen molar-refractivity contribution in [1.82, 2.24) is 4.72 Å². The van der Waals surface area contributed by atoms with E-state index in [4.69, 9.17) is 23.2 Å². The summed E-state index contributed by atoms with van der Waals surface area (Å²) < 4.78 is 26.2. The van der Waals surface area contributed by atoms with Crippen LogP contribution in [0.3, 0.4) is 0 Å². The Morgan fingerprint density at radius 2 is 1.74 bits per heavy atom. The molecule has 0 radical (unpaired) electrons. The lowest BCUT2D eigenvalue weighted by atomic mass is 10.1. The third kappa shape index (κ3) is 4.82. The van der Waals surface area contributed by atoms with Gasteiger partial charge in [0, 0.05) is 5.02 Å². The molecule has 0 fully saturated rings. The molecule has 120 valence electrons. The molecular weight excluding hydrogens is 357 g/mol. The summed E-state index contributed by atoms with van der Waals surface area (Å²) in [6, 6.07) is 13.2. The van der Waals surface area contributed by atoms with Gasteiger partial charge in [-0.3, -0.25) is 4.79 Å². The maximum atomic E-state index is 12.1. The number of hydrogen-bond donors (Lipinski definition) is 1. The Labute approximate surface area is 144 Å². The lowest BCUT2D eigenvalue weighted by Crippen LogP contribution is -2.29. The van der Waals surface area contributed by atoms with E-state index in [1.54, 1.807) is 31.2 Å². The third-order valence-corrected chi connectivity index (χ3v) is 4.65. The van der Waals surface area contributed by atoms with Crippen molar-refractivity contribution in [3.63, 3.8) is 0 Å². The molecule has 1 N–H and O–H groups in total. The van der Waals surface area contributed by atoms with E-state index in [1.165, 1.54) is 18.2 Å². The monoisotopic (exact) mass is 369 g/mol. The quantitative estimate of drug-likeness (QED) is 0.881. The van der Waals surface area contributed by atoms with Crippen LogP contribution in [-0.2, 0) is 10.0 Å². The first kappa shape index (κ1) is 17.5. The summed E-state index contributed by atoms with van der Waals surface area (Å²) in [5.74, 6) is -0.816. The molecule has 4 nitrogen and oxygen atoms in total. The summed E-state index contributed by atoms with van der Waals surface area (Å²) in [5, 5.41) is 1.44. The van der Waals surface area contributed by atoms with Crippen molar-refractivity contribution in [2.75, 3.05) is 0 Å². The second-order valence-electron chi connectivity index (χ2n) is 4.77. The van der Waals surface area contributed by atoms with Gasteiger partial charge in [0.2, 0.25) is 0 Å². The van der Waals surface area contributed by atoms with Gasteiger partial charge in [-0.1, -0.05) is 53.5 Å². The minimum absolute atomic E-state index is 0.0328. The zero-order valence-corrected chi connectivity index (χ0v) is 14.4. The van der Waals surface area contributed by atoms with E-state index in [2.05, 4.69) is 0 Å². The predicted octanol–water partition coefficient (Wildman–Crippen LogP) is 4.11. The van der Waals surface area contributed by atoms with Crippen LogP contribution in [0.2, 0.25) is 10.0 Å². The third-order valence-electron chi connectivity index (χ3n) is 2.97. The van der Waals surface area contributed by atoms with Gasteiger partial charge in [0.15, 0.2) is 0 Å². The molecule has 2 rings (SSSR count). The summed E-state index contributed by atoms with van der Waals surface area (Å²) in [4.78, 5) is 12.1. The Hall–Kier alpha value is -1.82.